The molecule has 2 saturated carbocycles. The van der Waals surface area contributed by atoms with Crippen molar-refractivity contribution in [2.45, 2.75) is 58.2 Å². The third kappa shape index (κ3) is 4.17. The van der Waals surface area contributed by atoms with Crippen LogP contribution in [0.15, 0.2) is 0 Å². The highest BCUT2D eigenvalue weighted by atomic mass is 16.5. The Labute approximate surface area is 153 Å². The maximum atomic E-state index is 12.0. The lowest BCUT2D eigenvalue weighted by molar-refractivity contribution is -0.150. The molecule has 0 aromatic heterocycles. The van der Waals surface area contributed by atoms with E-state index >= 15 is 0 Å². The number of esters is 1. The molecule has 148 valence electrons. The van der Waals surface area contributed by atoms with Crippen LogP contribution in [0.25, 0.3) is 0 Å². The summed E-state index contributed by atoms with van der Waals surface area (Å²) >= 11 is 0. The number of carboxylic acid groups (broad SMARTS) is 1. The SMILES string of the molecule is COC(=O)[C@H](COC1C2CC(C)C(C2)C1(C)C)NC(=O)[C@@H](N)CC(=O)O. The van der Waals surface area contributed by atoms with Gasteiger partial charge in [0.1, 0.15) is 0 Å². The van der Waals surface area contributed by atoms with Crippen LogP contribution in [0.3, 0.4) is 0 Å². The number of fused-ring (bicyclic) bond motifs is 2. The molecule has 2 fully saturated rings. The summed E-state index contributed by atoms with van der Waals surface area (Å²) in [6.45, 7) is 6.62. The number of methoxy groups -OCH3 is 1. The zero-order valence-electron chi connectivity index (χ0n) is 15.9. The van der Waals surface area contributed by atoms with Crippen molar-refractivity contribution < 1.29 is 29.0 Å². The van der Waals surface area contributed by atoms with E-state index in [0.717, 1.165) is 12.8 Å². The summed E-state index contributed by atoms with van der Waals surface area (Å²) < 4.78 is 10.8. The summed E-state index contributed by atoms with van der Waals surface area (Å²) in [5.74, 6) is -0.834. The van der Waals surface area contributed by atoms with Gasteiger partial charge in [-0.3, -0.25) is 9.59 Å². The van der Waals surface area contributed by atoms with Gasteiger partial charge in [0.2, 0.25) is 5.91 Å². The summed E-state index contributed by atoms with van der Waals surface area (Å²) in [5, 5.41) is 11.2. The van der Waals surface area contributed by atoms with Crippen molar-refractivity contribution in [1.29, 1.82) is 0 Å². The normalized spacial score (nSPS) is 31.3. The number of nitrogens with two attached hydrogens (primary N) is 1. The molecule has 4 unspecified atom stereocenters. The Morgan fingerprint density at radius 3 is 2.46 bits per heavy atom. The van der Waals surface area contributed by atoms with Crippen molar-refractivity contribution in [3.05, 3.63) is 0 Å². The molecule has 4 N–H and O–H groups in total. The maximum absolute atomic E-state index is 12.0. The van der Waals surface area contributed by atoms with Gasteiger partial charge >= 0.3 is 11.9 Å². The van der Waals surface area contributed by atoms with Crippen LogP contribution in [0.1, 0.15) is 40.0 Å². The van der Waals surface area contributed by atoms with E-state index in [4.69, 9.17) is 20.3 Å². The largest absolute Gasteiger partial charge is 0.481 e. The molecule has 2 bridgehead atoms. The average Bonchev–Trinajstić information content (AvgIpc) is 3.04. The molecule has 0 radical (unpaired) electrons. The number of hydrogen-bond donors (Lipinski definition) is 3. The van der Waals surface area contributed by atoms with Gasteiger partial charge in [-0.1, -0.05) is 20.8 Å². The molecular formula is C18H30N2O6. The van der Waals surface area contributed by atoms with E-state index in [1.165, 1.54) is 7.11 Å². The van der Waals surface area contributed by atoms with Crippen LogP contribution >= 0.6 is 0 Å². The van der Waals surface area contributed by atoms with Gasteiger partial charge in [0.05, 0.1) is 32.3 Å². The molecule has 8 heteroatoms. The molecule has 8 nitrogen and oxygen atoms in total. The Balaban J connectivity index is 1.97. The molecule has 26 heavy (non-hydrogen) atoms. The summed E-state index contributed by atoms with van der Waals surface area (Å²) in [4.78, 5) is 34.7. The number of amides is 1. The highest BCUT2D eigenvalue weighted by Gasteiger charge is 2.56. The first kappa shape index (κ1) is 20.6. The molecule has 1 amide bonds. The lowest BCUT2D eigenvalue weighted by atomic mass is 9.70. The number of ether oxygens (including phenoxy) is 2. The molecule has 0 heterocycles. The van der Waals surface area contributed by atoms with Crippen molar-refractivity contribution in [3.8, 4) is 0 Å². The van der Waals surface area contributed by atoms with E-state index in [1.54, 1.807) is 0 Å². The van der Waals surface area contributed by atoms with Gasteiger partial charge in [-0.05, 0) is 36.0 Å². The monoisotopic (exact) mass is 370 g/mol. The zero-order chi connectivity index (χ0) is 19.6. The van der Waals surface area contributed by atoms with Crippen LogP contribution in [0.4, 0.5) is 0 Å². The molecule has 2 aliphatic carbocycles. The standard InChI is InChI=1S/C18H30N2O6/c1-9-5-10-6-11(9)18(2,3)15(10)26-8-13(17(24)25-4)20-16(23)12(19)7-14(21)22/h9-13,15H,5-8,19H2,1-4H3,(H,20,23)(H,21,22)/t9?,10?,11?,12-,13-,15?/m0/s1. The number of carbonyl (C=O) groups excluding carboxylic acids is 2. The van der Waals surface area contributed by atoms with Gasteiger partial charge in [0, 0.05) is 0 Å². The first-order valence-electron chi connectivity index (χ1n) is 9.05. The minimum atomic E-state index is -1.24. The summed E-state index contributed by atoms with van der Waals surface area (Å²) in [6.07, 6.45) is 1.73. The number of aliphatic carboxylic acids is 1. The molecule has 6 atom stereocenters. The molecule has 0 aromatic carbocycles. The number of carboxylic acids is 1. The predicted octanol–water partition coefficient (Wildman–Crippen LogP) is 0.534. The van der Waals surface area contributed by atoms with Crippen molar-refractivity contribution in [1.82, 2.24) is 5.32 Å². The Morgan fingerprint density at radius 2 is 1.96 bits per heavy atom. The summed E-state index contributed by atoms with van der Waals surface area (Å²) in [5.41, 5.74) is 5.55. The molecule has 0 saturated heterocycles. The molecule has 0 aliphatic heterocycles. The number of rotatable bonds is 8. The maximum Gasteiger partial charge on any atom is 0.330 e. The molecular weight excluding hydrogens is 340 g/mol. The smallest absolute Gasteiger partial charge is 0.330 e. The fourth-order valence-corrected chi connectivity index (χ4v) is 4.82. The van der Waals surface area contributed by atoms with Gasteiger partial charge in [-0.2, -0.15) is 0 Å². The van der Waals surface area contributed by atoms with Crippen LogP contribution in [0, 0.1) is 23.2 Å². The fourth-order valence-electron chi connectivity index (χ4n) is 4.82. The second-order valence-corrected chi connectivity index (χ2v) is 8.18. The van der Waals surface area contributed by atoms with Crippen LogP contribution in [0.5, 0.6) is 0 Å². The average molecular weight is 370 g/mol. The van der Waals surface area contributed by atoms with Crippen LogP contribution in [-0.4, -0.2) is 54.9 Å². The molecule has 0 aromatic rings. The van der Waals surface area contributed by atoms with Crippen LogP contribution in [0.2, 0.25) is 0 Å². The van der Waals surface area contributed by atoms with Crippen LogP contribution < -0.4 is 11.1 Å². The minimum Gasteiger partial charge on any atom is -0.481 e. The van der Waals surface area contributed by atoms with E-state index in [2.05, 4.69) is 26.1 Å². The quantitative estimate of drug-likeness (QED) is 0.532. The highest BCUT2D eigenvalue weighted by Crippen LogP contribution is 2.59. The lowest BCUT2D eigenvalue weighted by Crippen LogP contribution is -2.52. The number of nitrogens with one attached hydrogen (secondary N) is 1. The first-order chi connectivity index (χ1) is 12.1. The molecule has 2 rings (SSSR count). The fraction of sp³-hybridized carbons (Fsp3) is 0.833. The zero-order valence-corrected chi connectivity index (χ0v) is 15.9. The van der Waals surface area contributed by atoms with Gasteiger partial charge in [-0.25, -0.2) is 4.79 Å². The highest BCUT2D eigenvalue weighted by molar-refractivity contribution is 5.89. The Bertz CT molecular complexity index is 564. The summed E-state index contributed by atoms with van der Waals surface area (Å²) in [6, 6.07) is -2.25. The van der Waals surface area contributed by atoms with E-state index in [-0.39, 0.29) is 18.1 Å². The second-order valence-electron chi connectivity index (χ2n) is 8.18. The lowest BCUT2D eigenvalue weighted by Gasteiger charge is -2.41. The molecule has 2 aliphatic rings. The summed E-state index contributed by atoms with van der Waals surface area (Å²) in [7, 11) is 1.22. The Morgan fingerprint density at radius 1 is 1.31 bits per heavy atom. The Kier molecular flexibility index (Phi) is 6.29. The molecule has 0 spiro atoms. The van der Waals surface area contributed by atoms with Gasteiger partial charge < -0.3 is 25.6 Å². The van der Waals surface area contributed by atoms with E-state index in [1.807, 2.05) is 0 Å². The number of hydrogen-bond acceptors (Lipinski definition) is 6. The van der Waals surface area contributed by atoms with Crippen molar-refractivity contribution in [2.24, 2.45) is 28.9 Å². The topological polar surface area (TPSA) is 128 Å². The third-order valence-electron chi connectivity index (χ3n) is 6.01. The van der Waals surface area contributed by atoms with E-state index in [9.17, 15) is 14.4 Å². The van der Waals surface area contributed by atoms with E-state index in [0.29, 0.717) is 17.8 Å². The minimum absolute atomic E-state index is 0.00667. The third-order valence-corrected chi connectivity index (χ3v) is 6.01. The van der Waals surface area contributed by atoms with E-state index < -0.39 is 36.4 Å². The first-order valence-corrected chi connectivity index (χ1v) is 9.05. The van der Waals surface area contributed by atoms with Gasteiger partial charge in [0.25, 0.3) is 0 Å². The predicted molar refractivity (Wildman–Crippen MR) is 93.1 cm³/mol. The van der Waals surface area contributed by atoms with Gasteiger partial charge in [0.15, 0.2) is 6.04 Å². The van der Waals surface area contributed by atoms with Crippen molar-refractivity contribution in [3.63, 3.8) is 0 Å². The Hall–Kier alpha value is -1.67. The van der Waals surface area contributed by atoms with Gasteiger partial charge in [-0.15, -0.1) is 0 Å². The van der Waals surface area contributed by atoms with Crippen LogP contribution in [-0.2, 0) is 23.9 Å². The van der Waals surface area contributed by atoms with Crippen molar-refractivity contribution >= 4 is 17.8 Å². The number of carbonyl (C=O) groups is 3. The second kappa shape index (κ2) is 7.92. The van der Waals surface area contributed by atoms with Crippen molar-refractivity contribution in [2.75, 3.05) is 13.7 Å².